The van der Waals surface area contributed by atoms with E-state index in [0.29, 0.717) is 22.0 Å². The van der Waals surface area contributed by atoms with Gasteiger partial charge in [0.15, 0.2) is 9.84 Å². The molecule has 6 nitrogen and oxygen atoms in total. The number of sulfone groups is 1. The Labute approximate surface area is 164 Å². The van der Waals surface area contributed by atoms with Crippen molar-refractivity contribution in [2.75, 3.05) is 12.0 Å². The molecule has 0 radical (unpaired) electrons. The van der Waals surface area contributed by atoms with Crippen molar-refractivity contribution in [3.05, 3.63) is 66.2 Å². The summed E-state index contributed by atoms with van der Waals surface area (Å²) < 4.78 is 50.9. The lowest BCUT2D eigenvalue weighted by Crippen LogP contribution is -2.23. The van der Waals surface area contributed by atoms with Crippen molar-refractivity contribution in [3.63, 3.8) is 0 Å². The van der Waals surface area contributed by atoms with Crippen molar-refractivity contribution in [2.24, 2.45) is 0 Å². The molecule has 144 valence electrons. The van der Waals surface area contributed by atoms with Crippen LogP contribution < -0.4 is 10.5 Å². The fourth-order valence-electron chi connectivity index (χ4n) is 2.65. The first-order chi connectivity index (χ1) is 12.2. The van der Waals surface area contributed by atoms with Crippen molar-refractivity contribution in [3.8, 4) is 0 Å². The van der Waals surface area contributed by atoms with E-state index < -0.39 is 19.9 Å². The standard InChI is InChI=1S/C18H18N2O4S2.ClH/c1-25(21,22)14-10-8-13(9-11-14)12-20-26(23,24)18-7-3-4-15-16(18)5-2-6-17(15)19;/h2-11,20H,12,19H2,1H3;1H. The quantitative estimate of drug-likeness (QED) is 0.610. The summed E-state index contributed by atoms with van der Waals surface area (Å²) in [6.45, 7) is 0.0467. The van der Waals surface area contributed by atoms with E-state index in [1.807, 2.05) is 0 Å². The molecule has 0 saturated carbocycles. The largest absolute Gasteiger partial charge is 0.398 e. The maximum atomic E-state index is 12.7. The molecule has 0 heterocycles. The van der Waals surface area contributed by atoms with Crippen LogP contribution in [0.4, 0.5) is 5.69 Å². The van der Waals surface area contributed by atoms with Gasteiger partial charge in [-0.25, -0.2) is 21.6 Å². The number of fused-ring (bicyclic) bond motifs is 1. The smallest absolute Gasteiger partial charge is 0.241 e. The fourth-order valence-corrected chi connectivity index (χ4v) is 4.52. The number of halogens is 1. The molecule has 9 heteroatoms. The average molecular weight is 427 g/mol. The zero-order valence-corrected chi connectivity index (χ0v) is 16.9. The second-order valence-corrected chi connectivity index (χ2v) is 9.69. The molecule has 0 bridgehead atoms. The summed E-state index contributed by atoms with van der Waals surface area (Å²) in [5.41, 5.74) is 7.08. The first-order valence-electron chi connectivity index (χ1n) is 7.74. The highest BCUT2D eigenvalue weighted by molar-refractivity contribution is 7.90. The van der Waals surface area contributed by atoms with Crippen molar-refractivity contribution in [1.29, 1.82) is 0 Å². The number of nitrogens with one attached hydrogen (secondary N) is 1. The number of hydrogen-bond acceptors (Lipinski definition) is 5. The Morgan fingerprint density at radius 2 is 1.44 bits per heavy atom. The van der Waals surface area contributed by atoms with Gasteiger partial charge in [0.05, 0.1) is 9.79 Å². The molecular weight excluding hydrogens is 408 g/mol. The van der Waals surface area contributed by atoms with Crippen LogP contribution in [0.5, 0.6) is 0 Å². The third-order valence-corrected chi connectivity index (χ3v) is 6.61. The first kappa shape index (κ1) is 21.2. The number of nitrogens with two attached hydrogens (primary N) is 1. The summed E-state index contributed by atoms with van der Waals surface area (Å²) in [5.74, 6) is 0. The van der Waals surface area contributed by atoms with Crippen LogP contribution in [0.15, 0.2) is 70.5 Å². The summed E-state index contributed by atoms with van der Waals surface area (Å²) in [6.07, 6.45) is 1.12. The molecule has 0 aliphatic heterocycles. The van der Waals surface area contributed by atoms with Gasteiger partial charge in [-0.3, -0.25) is 0 Å². The molecule has 3 aromatic carbocycles. The minimum Gasteiger partial charge on any atom is -0.398 e. The van der Waals surface area contributed by atoms with Crippen LogP contribution in [-0.2, 0) is 26.4 Å². The van der Waals surface area contributed by atoms with Gasteiger partial charge in [0.2, 0.25) is 10.0 Å². The molecule has 0 aliphatic rings. The number of sulfonamides is 1. The van der Waals surface area contributed by atoms with E-state index in [1.165, 1.54) is 18.2 Å². The Hall–Kier alpha value is -2.13. The molecule has 0 aliphatic carbocycles. The van der Waals surface area contributed by atoms with E-state index in [1.54, 1.807) is 42.5 Å². The molecular formula is C18H19ClN2O4S2. The number of anilines is 1. The van der Waals surface area contributed by atoms with Gasteiger partial charge in [-0.2, -0.15) is 0 Å². The molecule has 0 aromatic heterocycles. The van der Waals surface area contributed by atoms with Crippen LogP contribution in [0.1, 0.15) is 5.56 Å². The highest BCUT2D eigenvalue weighted by atomic mass is 35.5. The third kappa shape index (κ3) is 4.59. The monoisotopic (exact) mass is 426 g/mol. The predicted octanol–water partition coefficient (Wildman–Crippen LogP) is 2.73. The summed E-state index contributed by atoms with van der Waals surface area (Å²) in [5, 5.41) is 1.22. The first-order valence-corrected chi connectivity index (χ1v) is 11.1. The van der Waals surface area contributed by atoms with E-state index in [2.05, 4.69) is 4.72 Å². The van der Waals surface area contributed by atoms with Gasteiger partial charge >= 0.3 is 0 Å². The second kappa shape index (κ2) is 7.85. The lowest BCUT2D eigenvalue weighted by molar-refractivity contribution is 0.582. The fraction of sp³-hybridized carbons (Fsp3) is 0.111. The molecule has 0 unspecified atom stereocenters. The maximum Gasteiger partial charge on any atom is 0.241 e. The molecule has 0 amide bonds. The van der Waals surface area contributed by atoms with E-state index in [4.69, 9.17) is 5.73 Å². The Morgan fingerprint density at radius 3 is 2.07 bits per heavy atom. The van der Waals surface area contributed by atoms with E-state index in [0.717, 1.165) is 6.26 Å². The lowest BCUT2D eigenvalue weighted by atomic mass is 10.1. The molecule has 27 heavy (non-hydrogen) atoms. The number of hydrogen-bond donors (Lipinski definition) is 2. The third-order valence-electron chi connectivity index (χ3n) is 4.02. The van der Waals surface area contributed by atoms with Crippen LogP contribution >= 0.6 is 12.4 Å². The predicted molar refractivity (Wildman–Crippen MR) is 109 cm³/mol. The van der Waals surface area contributed by atoms with E-state index >= 15 is 0 Å². The summed E-state index contributed by atoms with van der Waals surface area (Å²) in [4.78, 5) is 0.337. The average Bonchev–Trinajstić information content (AvgIpc) is 2.59. The van der Waals surface area contributed by atoms with Crippen molar-refractivity contribution >= 4 is 48.7 Å². The van der Waals surface area contributed by atoms with Crippen molar-refractivity contribution < 1.29 is 16.8 Å². The van der Waals surface area contributed by atoms with Crippen LogP contribution in [-0.4, -0.2) is 23.1 Å². The zero-order valence-electron chi connectivity index (χ0n) is 14.4. The van der Waals surface area contributed by atoms with Gasteiger partial charge in [-0.05, 0) is 29.8 Å². The molecule has 0 fully saturated rings. The van der Waals surface area contributed by atoms with Crippen molar-refractivity contribution in [1.82, 2.24) is 4.72 Å². The Morgan fingerprint density at radius 1 is 0.852 bits per heavy atom. The van der Waals surface area contributed by atoms with Crippen LogP contribution in [0, 0.1) is 0 Å². The lowest BCUT2D eigenvalue weighted by Gasteiger charge is -2.11. The van der Waals surface area contributed by atoms with Gasteiger partial charge < -0.3 is 5.73 Å². The summed E-state index contributed by atoms with van der Waals surface area (Å²) in [7, 11) is -7.05. The molecule has 0 spiro atoms. The summed E-state index contributed by atoms with van der Waals surface area (Å²) >= 11 is 0. The second-order valence-electron chi connectivity index (χ2n) is 5.94. The van der Waals surface area contributed by atoms with Crippen LogP contribution in [0.2, 0.25) is 0 Å². The number of benzene rings is 3. The Kier molecular flexibility index (Phi) is 6.16. The van der Waals surface area contributed by atoms with Crippen LogP contribution in [0.3, 0.4) is 0 Å². The Bertz CT molecular complexity index is 1180. The minimum atomic E-state index is -3.76. The number of rotatable bonds is 5. The van der Waals surface area contributed by atoms with Crippen LogP contribution in [0.25, 0.3) is 10.8 Å². The van der Waals surface area contributed by atoms with E-state index in [-0.39, 0.29) is 28.7 Å². The minimum absolute atomic E-state index is 0. The summed E-state index contributed by atoms with van der Waals surface area (Å²) in [6, 6.07) is 16.2. The topological polar surface area (TPSA) is 106 Å². The van der Waals surface area contributed by atoms with Crippen molar-refractivity contribution in [2.45, 2.75) is 16.3 Å². The molecule has 3 rings (SSSR count). The van der Waals surface area contributed by atoms with Gasteiger partial charge in [0.1, 0.15) is 0 Å². The SMILES string of the molecule is CS(=O)(=O)c1ccc(CNS(=O)(=O)c2cccc3c(N)cccc23)cc1.Cl. The zero-order chi connectivity index (χ0) is 18.9. The molecule has 3 N–H and O–H groups in total. The van der Waals surface area contributed by atoms with E-state index in [9.17, 15) is 16.8 Å². The highest BCUT2D eigenvalue weighted by Gasteiger charge is 2.17. The molecule has 0 saturated heterocycles. The van der Waals surface area contributed by atoms with Gasteiger partial charge in [0.25, 0.3) is 0 Å². The van der Waals surface area contributed by atoms with Gasteiger partial charge in [-0.15, -0.1) is 12.4 Å². The number of nitrogen functional groups attached to an aromatic ring is 1. The van der Waals surface area contributed by atoms with Gasteiger partial charge in [-0.1, -0.05) is 36.4 Å². The van der Waals surface area contributed by atoms with Gasteiger partial charge in [0, 0.05) is 29.3 Å². The maximum absolute atomic E-state index is 12.7. The molecule has 3 aromatic rings. The Balaban J connectivity index is 0.00000261. The highest BCUT2D eigenvalue weighted by Crippen LogP contribution is 2.27. The molecule has 0 atom stereocenters. The normalized spacial score (nSPS) is 11.9.